The molecule has 0 spiro atoms. The van der Waals surface area contributed by atoms with E-state index in [9.17, 15) is 9.59 Å². The number of ether oxygens (including phenoxy) is 2. The Balaban J connectivity index is 0.000000660. The van der Waals surface area contributed by atoms with E-state index in [-0.39, 0.29) is 11.1 Å². The molecule has 26 heavy (non-hydrogen) atoms. The fraction of sp³-hybridized carbons (Fsp3) is 0.500. The molecule has 0 aliphatic carbocycles. The summed E-state index contributed by atoms with van der Waals surface area (Å²) < 4.78 is 11.3. The van der Waals surface area contributed by atoms with Crippen molar-refractivity contribution in [3.63, 3.8) is 0 Å². The minimum Gasteiger partial charge on any atom is -0.465 e. The molecule has 10 heteroatoms. The van der Waals surface area contributed by atoms with Crippen molar-refractivity contribution in [2.45, 2.75) is 25.7 Å². The van der Waals surface area contributed by atoms with Crippen molar-refractivity contribution >= 4 is 75.7 Å². The van der Waals surface area contributed by atoms with Gasteiger partial charge < -0.3 is 20.9 Å². The van der Waals surface area contributed by atoms with Crippen LogP contribution in [0.3, 0.4) is 0 Å². The lowest BCUT2D eigenvalue weighted by Gasteiger charge is -2.14. The average molecular weight is 626 g/mol. The number of carbonyl (C=O) groups excluding carboxylic acids is 2. The first-order valence-electron chi connectivity index (χ1n) is 7.71. The van der Waals surface area contributed by atoms with Crippen molar-refractivity contribution in [3.8, 4) is 0 Å². The predicted octanol–water partition coefficient (Wildman–Crippen LogP) is 4.77. The molecule has 1 rings (SSSR count). The Kier molecular flexibility index (Phi) is 14.1. The van der Waals surface area contributed by atoms with Crippen LogP contribution in [0.1, 0.15) is 46.4 Å². The van der Waals surface area contributed by atoms with Crippen LogP contribution < -0.4 is 11.5 Å². The molecule has 6 nitrogen and oxygen atoms in total. The molecule has 0 aromatic heterocycles. The highest BCUT2D eigenvalue weighted by molar-refractivity contribution is 9.15. The Hall–Kier alpha value is -0.000000000000000153. The maximum atomic E-state index is 11.8. The molecule has 0 atom stereocenters. The van der Waals surface area contributed by atoms with Crippen molar-refractivity contribution in [1.82, 2.24) is 0 Å². The summed E-state index contributed by atoms with van der Waals surface area (Å²) in [5.74, 6) is -1.28. The maximum absolute atomic E-state index is 11.8. The number of rotatable bonds is 7. The third-order valence-electron chi connectivity index (χ3n) is 3.20. The molecule has 0 bridgehead atoms. The van der Waals surface area contributed by atoms with Gasteiger partial charge in [0, 0.05) is 17.9 Å². The minimum atomic E-state index is -0.642. The molecular formula is C16H22Br4N2O4. The first kappa shape index (κ1) is 26.0. The molecule has 0 amide bonds. The van der Waals surface area contributed by atoms with Gasteiger partial charge in [0.1, 0.15) is 0 Å². The topological polar surface area (TPSA) is 105 Å². The van der Waals surface area contributed by atoms with Crippen LogP contribution in [0.25, 0.3) is 0 Å². The second-order valence-corrected chi connectivity index (χ2v) is 8.15. The van der Waals surface area contributed by atoms with Gasteiger partial charge in [0.05, 0.1) is 25.3 Å². The number of benzene rings is 1. The van der Waals surface area contributed by atoms with Gasteiger partial charge in [0.25, 0.3) is 0 Å². The van der Waals surface area contributed by atoms with Gasteiger partial charge in [-0.3, -0.25) is 0 Å². The molecule has 0 fully saturated rings. The summed E-state index contributed by atoms with van der Waals surface area (Å²) in [6.45, 7) is 1.65. The second-order valence-electron chi connectivity index (χ2n) is 4.98. The molecule has 0 aliphatic rings. The highest BCUT2D eigenvalue weighted by atomic mass is 79.9. The van der Waals surface area contributed by atoms with Gasteiger partial charge >= 0.3 is 11.9 Å². The third kappa shape index (κ3) is 7.55. The predicted molar refractivity (Wildman–Crippen MR) is 116 cm³/mol. The lowest BCUT2D eigenvalue weighted by molar-refractivity contribution is 0.0553. The van der Waals surface area contributed by atoms with Gasteiger partial charge in [0.2, 0.25) is 0 Å². The third-order valence-corrected chi connectivity index (χ3v) is 7.97. The summed E-state index contributed by atoms with van der Waals surface area (Å²) in [6.07, 6.45) is 4.79. The number of unbranched alkanes of at least 4 members (excludes halogenated alkanes) is 3. The summed E-state index contributed by atoms with van der Waals surface area (Å²) in [5.41, 5.74) is 10.7. The molecule has 0 aliphatic heterocycles. The summed E-state index contributed by atoms with van der Waals surface area (Å²) in [5, 5.41) is 0. The molecular weight excluding hydrogens is 604 g/mol. The van der Waals surface area contributed by atoms with E-state index in [0.29, 0.717) is 17.9 Å². The van der Waals surface area contributed by atoms with E-state index in [0.717, 1.165) is 25.9 Å². The SMILES string of the molecule is COC(=O)c1c(Br)c(Br)c(Br)c(Br)c1C(=O)OC.NCCCCCCN. The van der Waals surface area contributed by atoms with E-state index in [1.165, 1.54) is 27.1 Å². The summed E-state index contributed by atoms with van der Waals surface area (Å²) in [7, 11) is 2.47. The van der Waals surface area contributed by atoms with Crippen LogP contribution in [0.5, 0.6) is 0 Å². The number of halogens is 4. The van der Waals surface area contributed by atoms with Crippen LogP contribution in [-0.2, 0) is 9.47 Å². The fourth-order valence-electron chi connectivity index (χ4n) is 1.86. The number of hydrogen-bond acceptors (Lipinski definition) is 6. The zero-order valence-corrected chi connectivity index (χ0v) is 20.9. The molecule has 4 N–H and O–H groups in total. The molecule has 1 aromatic carbocycles. The highest BCUT2D eigenvalue weighted by Gasteiger charge is 2.29. The van der Waals surface area contributed by atoms with Crippen LogP contribution in [0.4, 0.5) is 0 Å². The van der Waals surface area contributed by atoms with Gasteiger partial charge in [-0.1, -0.05) is 12.8 Å². The van der Waals surface area contributed by atoms with Gasteiger partial charge in [0.15, 0.2) is 0 Å². The molecule has 0 saturated carbocycles. The first-order valence-corrected chi connectivity index (χ1v) is 10.9. The first-order chi connectivity index (χ1) is 12.3. The average Bonchev–Trinajstić information content (AvgIpc) is 2.65. The van der Waals surface area contributed by atoms with E-state index in [1.54, 1.807) is 0 Å². The minimum absolute atomic E-state index is 0.0892. The smallest absolute Gasteiger partial charge is 0.339 e. The van der Waals surface area contributed by atoms with Gasteiger partial charge in [-0.15, -0.1) is 0 Å². The van der Waals surface area contributed by atoms with Crippen molar-refractivity contribution < 1.29 is 19.1 Å². The highest BCUT2D eigenvalue weighted by Crippen LogP contribution is 2.42. The van der Waals surface area contributed by atoms with E-state index >= 15 is 0 Å². The van der Waals surface area contributed by atoms with Crippen LogP contribution in [-0.4, -0.2) is 39.2 Å². The van der Waals surface area contributed by atoms with E-state index in [4.69, 9.17) is 11.5 Å². The van der Waals surface area contributed by atoms with Crippen molar-refractivity contribution in [1.29, 1.82) is 0 Å². The molecule has 0 unspecified atom stereocenters. The van der Waals surface area contributed by atoms with Crippen molar-refractivity contribution in [3.05, 3.63) is 29.0 Å². The van der Waals surface area contributed by atoms with Gasteiger partial charge in [-0.2, -0.15) is 0 Å². The summed E-state index contributed by atoms with van der Waals surface area (Å²) >= 11 is 13.1. The van der Waals surface area contributed by atoms with Crippen molar-refractivity contribution in [2.24, 2.45) is 11.5 Å². The Labute approximate surface area is 187 Å². The maximum Gasteiger partial charge on any atom is 0.339 e. The standard InChI is InChI=1S/C10H6Br4O4.C6H16N2/c1-17-9(15)3-4(10(16)18-2)6(12)8(14)7(13)5(3)11;7-5-3-1-2-4-6-8/h1-2H3;1-8H2. The molecule has 148 valence electrons. The van der Waals surface area contributed by atoms with Crippen LogP contribution in [0.2, 0.25) is 0 Å². The van der Waals surface area contributed by atoms with E-state index < -0.39 is 11.9 Å². The number of carbonyl (C=O) groups is 2. The zero-order chi connectivity index (χ0) is 20.3. The van der Waals surface area contributed by atoms with Gasteiger partial charge in [-0.25, -0.2) is 9.59 Å². The lowest BCUT2D eigenvalue weighted by atomic mass is 10.1. The molecule has 0 saturated heterocycles. The van der Waals surface area contributed by atoms with Crippen molar-refractivity contribution in [2.75, 3.05) is 27.3 Å². The normalized spacial score (nSPS) is 10.0. The monoisotopic (exact) mass is 622 g/mol. The Morgan fingerprint density at radius 3 is 1.23 bits per heavy atom. The molecule has 0 heterocycles. The van der Waals surface area contributed by atoms with Crippen LogP contribution in [0.15, 0.2) is 17.9 Å². The number of nitrogens with two attached hydrogens (primary N) is 2. The second kappa shape index (κ2) is 14.1. The fourth-order valence-corrected chi connectivity index (χ4v) is 4.30. The van der Waals surface area contributed by atoms with E-state index in [2.05, 4.69) is 73.2 Å². The Morgan fingerprint density at radius 1 is 0.692 bits per heavy atom. The lowest BCUT2D eigenvalue weighted by Crippen LogP contribution is -2.14. The number of esters is 2. The summed E-state index contributed by atoms with van der Waals surface area (Å²) in [6, 6.07) is 0. The summed E-state index contributed by atoms with van der Waals surface area (Å²) in [4.78, 5) is 23.5. The molecule has 1 aromatic rings. The Morgan fingerprint density at radius 2 is 1.00 bits per heavy atom. The Bertz CT molecular complexity index is 574. The number of methoxy groups -OCH3 is 2. The van der Waals surface area contributed by atoms with E-state index in [1.807, 2.05) is 0 Å². The number of hydrogen-bond donors (Lipinski definition) is 2. The zero-order valence-electron chi connectivity index (χ0n) is 14.5. The van der Waals surface area contributed by atoms with Crippen LogP contribution in [0, 0.1) is 0 Å². The van der Waals surface area contributed by atoms with Gasteiger partial charge in [-0.05, 0) is 89.7 Å². The largest absolute Gasteiger partial charge is 0.465 e. The molecule has 0 radical (unpaired) electrons. The van der Waals surface area contributed by atoms with Crippen LogP contribution >= 0.6 is 63.7 Å². The quantitative estimate of drug-likeness (QED) is 0.196.